The van der Waals surface area contributed by atoms with Gasteiger partial charge in [0.1, 0.15) is 0 Å². The normalized spacial score (nSPS) is 40.8. The first kappa shape index (κ1) is 12.3. The largest absolute Gasteiger partial charge is 0.395 e. The smallest absolute Gasteiger partial charge is 0.314 e. The molecule has 0 heterocycles. The van der Waals surface area contributed by atoms with Gasteiger partial charge in [-0.25, -0.2) is 4.79 Å². The zero-order valence-electron chi connectivity index (χ0n) is 11.0. The molecule has 3 saturated carbocycles. The molecule has 0 aromatic carbocycles. The van der Waals surface area contributed by atoms with Crippen LogP contribution in [0.25, 0.3) is 0 Å². The van der Waals surface area contributed by atoms with E-state index in [2.05, 4.69) is 10.6 Å². The minimum Gasteiger partial charge on any atom is -0.395 e. The van der Waals surface area contributed by atoms with E-state index in [-0.39, 0.29) is 12.6 Å². The minimum atomic E-state index is -0.122. The number of carbonyl (C=O) groups excluding carboxylic acids is 1. The fourth-order valence-corrected chi connectivity index (χ4v) is 4.99. The van der Waals surface area contributed by atoms with E-state index in [1.54, 1.807) is 0 Å². The van der Waals surface area contributed by atoms with Gasteiger partial charge in [-0.1, -0.05) is 6.42 Å². The molecule has 0 saturated heterocycles. The fraction of sp³-hybridized carbons (Fsp3) is 0.929. The maximum atomic E-state index is 11.6. The van der Waals surface area contributed by atoms with Crippen LogP contribution in [-0.4, -0.2) is 30.8 Å². The highest BCUT2D eigenvalue weighted by molar-refractivity contribution is 5.73. The Kier molecular flexibility index (Phi) is 3.22. The maximum Gasteiger partial charge on any atom is 0.314 e. The zero-order valence-corrected chi connectivity index (χ0v) is 11.0. The Morgan fingerprint density at radius 1 is 1.28 bits per heavy atom. The van der Waals surface area contributed by atoms with E-state index in [4.69, 9.17) is 5.11 Å². The van der Waals surface area contributed by atoms with E-state index in [1.807, 2.05) is 0 Å². The molecular weight excluding hydrogens is 228 g/mol. The summed E-state index contributed by atoms with van der Waals surface area (Å²) < 4.78 is 0. The molecule has 3 aliphatic rings. The number of hydrogen-bond acceptors (Lipinski definition) is 2. The quantitative estimate of drug-likeness (QED) is 0.710. The number of nitrogens with one attached hydrogen (secondary N) is 2. The second-order valence-corrected chi connectivity index (χ2v) is 6.40. The summed E-state index contributed by atoms with van der Waals surface area (Å²) in [5, 5.41) is 14.4. The van der Waals surface area contributed by atoms with Gasteiger partial charge in [-0.3, -0.25) is 0 Å². The number of hydrogen-bond donors (Lipinski definition) is 3. The zero-order chi connectivity index (χ0) is 12.6. The van der Waals surface area contributed by atoms with Crippen LogP contribution in [0.3, 0.4) is 0 Å². The molecule has 3 fully saturated rings. The van der Waals surface area contributed by atoms with Gasteiger partial charge < -0.3 is 15.7 Å². The third-order valence-corrected chi connectivity index (χ3v) is 5.64. The number of amides is 2. The summed E-state index contributed by atoms with van der Waals surface area (Å²) in [7, 11) is 0. The predicted molar refractivity (Wildman–Crippen MR) is 69.1 cm³/mol. The fourth-order valence-electron chi connectivity index (χ4n) is 4.99. The molecule has 4 unspecified atom stereocenters. The van der Waals surface area contributed by atoms with E-state index in [0.717, 1.165) is 24.3 Å². The van der Waals surface area contributed by atoms with E-state index in [9.17, 15) is 4.79 Å². The lowest BCUT2D eigenvalue weighted by Gasteiger charge is -2.36. The van der Waals surface area contributed by atoms with Gasteiger partial charge in [0.15, 0.2) is 0 Å². The maximum absolute atomic E-state index is 11.6. The van der Waals surface area contributed by atoms with Crippen molar-refractivity contribution < 1.29 is 9.90 Å². The molecule has 4 atom stereocenters. The molecule has 4 heteroatoms. The van der Waals surface area contributed by atoms with Crippen molar-refractivity contribution in [3.8, 4) is 0 Å². The Labute approximate surface area is 109 Å². The summed E-state index contributed by atoms with van der Waals surface area (Å²) >= 11 is 0. The van der Waals surface area contributed by atoms with Crippen LogP contribution in [0, 0.1) is 23.2 Å². The number of urea groups is 1. The Morgan fingerprint density at radius 3 is 3.00 bits per heavy atom. The van der Waals surface area contributed by atoms with Crippen molar-refractivity contribution in [3.05, 3.63) is 0 Å². The standard InChI is InChI=1S/C14H24N2O2/c17-7-6-15-13(18)16-9-14-5-4-10(8-14)11-2-1-3-12(11)14/h10-12,17H,1-9H2,(H2,15,16,18). The molecular formula is C14H24N2O2. The first-order valence-corrected chi connectivity index (χ1v) is 7.38. The topological polar surface area (TPSA) is 61.4 Å². The number of aliphatic hydroxyl groups excluding tert-OH is 1. The first-order chi connectivity index (χ1) is 8.75. The van der Waals surface area contributed by atoms with Gasteiger partial charge in [-0.2, -0.15) is 0 Å². The highest BCUT2D eigenvalue weighted by Gasteiger charge is 2.58. The Morgan fingerprint density at radius 2 is 2.17 bits per heavy atom. The number of fused-ring (bicyclic) bond motifs is 5. The number of carbonyl (C=O) groups is 1. The Bertz CT molecular complexity index is 334. The molecule has 0 aliphatic heterocycles. The van der Waals surface area contributed by atoms with Crippen LogP contribution in [0.15, 0.2) is 0 Å². The first-order valence-electron chi connectivity index (χ1n) is 7.38. The van der Waals surface area contributed by atoms with Crippen LogP contribution in [0.5, 0.6) is 0 Å². The molecule has 2 amide bonds. The van der Waals surface area contributed by atoms with Crippen LogP contribution < -0.4 is 10.6 Å². The Balaban J connectivity index is 1.57. The van der Waals surface area contributed by atoms with Crippen LogP contribution in [0.1, 0.15) is 38.5 Å². The monoisotopic (exact) mass is 252 g/mol. The lowest BCUT2D eigenvalue weighted by atomic mass is 9.71. The van der Waals surface area contributed by atoms with Crippen molar-refractivity contribution >= 4 is 6.03 Å². The molecule has 3 aliphatic carbocycles. The second-order valence-electron chi connectivity index (χ2n) is 6.40. The van der Waals surface area contributed by atoms with E-state index >= 15 is 0 Å². The predicted octanol–water partition coefficient (Wildman–Crippen LogP) is 1.49. The van der Waals surface area contributed by atoms with Crippen molar-refractivity contribution in [1.29, 1.82) is 0 Å². The lowest BCUT2D eigenvalue weighted by Crippen LogP contribution is -2.44. The van der Waals surface area contributed by atoms with Gasteiger partial charge in [-0.15, -0.1) is 0 Å². The lowest BCUT2D eigenvalue weighted by molar-refractivity contribution is 0.149. The van der Waals surface area contributed by atoms with Crippen LogP contribution in [-0.2, 0) is 0 Å². The molecule has 102 valence electrons. The van der Waals surface area contributed by atoms with Crippen molar-refractivity contribution in [3.63, 3.8) is 0 Å². The number of rotatable bonds is 4. The van der Waals surface area contributed by atoms with Gasteiger partial charge in [0.05, 0.1) is 6.61 Å². The molecule has 4 nitrogen and oxygen atoms in total. The van der Waals surface area contributed by atoms with Crippen molar-refractivity contribution in [1.82, 2.24) is 10.6 Å². The summed E-state index contributed by atoms with van der Waals surface area (Å²) in [6.07, 6.45) is 8.21. The summed E-state index contributed by atoms with van der Waals surface area (Å²) in [4.78, 5) is 11.6. The molecule has 0 spiro atoms. The second kappa shape index (κ2) is 4.72. The van der Waals surface area contributed by atoms with Gasteiger partial charge in [0, 0.05) is 13.1 Å². The molecule has 3 rings (SSSR count). The van der Waals surface area contributed by atoms with Crippen molar-refractivity contribution in [2.75, 3.05) is 19.7 Å². The summed E-state index contributed by atoms with van der Waals surface area (Å²) in [6, 6.07) is -0.122. The summed E-state index contributed by atoms with van der Waals surface area (Å²) in [6.45, 7) is 1.18. The number of aliphatic hydroxyl groups is 1. The highest BCUT2D eigenvalue weighted by Crippen LogP contribution is 2.65. The van der Waals surface area contributed by atoms with Gasteiger partial charge >= 0.3 is 6.03 Å². The third kappa shape index (κ3) is 1.91. The Hall–Kier alpha value is -0.770. The highest BCUT2D eigenvalue weighted by atomic mass is 16.3. The van der Waals surface area contributed by atoms with Gasteiger partial charge in [-0.05, 0) is 55.3 Å². The molecule has 2 bridgehead atoms. The third-order valence-electron chi connectivity index (χ3n) is 5.64. The van der Waals surface area contributed by atoms with E-state index in [1.165, 1.54) is 38.5 Å². The van der Waals surface area contributed by atoms with Crippen LogP contribution in [0.4, 0.5) is 4.79 Å². The summed E-state index contributed by atoms with van der Waals surface area (Å²) in [5.74, 6) is 2.77. The molecule has 0 aromatic heterocycles. The summed E-state index contributed by atoms with van der Waals surface area (Å²) in [5.41, 5.74) is 0.405. The molecule has 3 N–H and O–H groups in total. The molecule has 18 heavy (non-hydrogen) atoms. The molecule has 0 aromatic rings. The molecule has 0 radical (unpaired) electrons. The van der Waals surface area contributed by atoms with E-state index in [0.29, 0.717) is 12.0 Å². The average Bonchev–Trinajstić information content (AvgIpc) is 3.05. The van der Waals surface area contributed by atoms with E-state index < -0.39 is 0 Å². The minimum absolute atomic E-state index is 0.00529. The van der Waals surface area contributed by atoms with Crippen LogP contribution >= 0.6 is 0 Å². The SMILES string of the molecule is O=C(NCCO)NCC12CCC(C1)C1CCCC12. The van der Waals surface area contributed by atoms with Crippen molar-refractivity contribution in [2.24, 2.45) is 23.2 Å². The average molecular weight is 252 g/mol. The van der Waals surface area contributed by atoms with Crippen LogP contribution in [0.2, 0.25) is 0 Å². The van der Waals surface area contributed by atoms with Gasteiger partial charge in [0.2, 0.25) is 0 Å². The van der Waals surface area contributed by atoms with Gasteiger partial charge in [0.25, 0.3) is 0 Å². The van der Waals surface area contributed by atoms with Crippen molar-refractivity contribution in [2.45, 2.75) is 38.5 Å².